The molecule has 6 heteroatoms. The summed E-state index contributed by atoms with van der Waals surface area (Å²) in [5.74, 6) is 0.363. The Balaban J connectivity index is 2.24. The molecular weight excluding hydrogens is 276 g/mol. The van der Waals surface area contributed by atoms with Gasteiger partial charge in [-0.1, -0.05) is 25.4 Å². The maximum absolute atomic E-state index is 12.2. The molecule has 20 heavy (non-hydrogen) atoms. The third-order valence-corrected chi connectivity index (χ3v) is 4.06. The predicted molar refractivity (Wildman–Crippen MR) is 82.6 cm³/mol. The second-order valence-electron chi connectivity index (χ2n) is 5.84. The molecule has 1 aliphatic rings. The lowest BCUT2D eigenvalue weighted by atomic mass is 10.1. The van der Waals surface area contributed by atoms with E-state index in [-0.39, 0.29) is 10.6 Å². The molecular formula is C14H23ClN4O. The van der Waals surface area contributed by atoms with E-state index in [9.17, 15) is 4.79 Å². The predicted octanol–water partition coefficient (Wildman–Crippen LogP) is 1.74. The molecule has 1 atom stereocenters. The number of likely N-dealkylation sites (N-methyl/N-ethyl adjacent to an activating group) is 1. The molecule has 1 unspecified atom stereocenters. The number of nitrogens with one attached hydrogen (secondary N) is 1. The third kappa shape index (κ3) is 3.33. The fourth-order valence-corrected chi connectivity index (χ4v) is 2.82. The number of halogens is 1. The lowest BCUT2D eigenvalue weighted by Gasteiger charge is -2.33. The average Bonchev–Trinajstić information content (AvgIpc) is 2.44. The molecule has 0 aliphatic carbocycles. The highest BCUT2D eigenvalue weighted by Gasteiger charge is 2.21. The molecule has 0 radical (unpaired) electrons. The summed E-state index contributed by atoms with van der Waals surface area (Å²) in [7, 11) is 1.98. The Morgan fingerprint density at radius 1 is 1.60 bits per heavy atom. The number of rotatable bonds is 4. The number of nitrogens with zero attached hydrogens (tertiary/aromatic N) is 3. The van der Waals surface area contributed by atoms with E-state index in [0.717, 1.165) is 31.6 Å². The van der Waals surface area contributed by atoms with Gasteiger partial charge >= 0.3 is 0 Å². The highest BCUT2D eigenvalue weighted by atomic mass is 35.5. The van der Waals surface area contributed by atoms with Crippen molar-refractivity contribution in [3.63, 3.8) is 0 Å². The van der Waals surface area contributed by atoms with Crippen molar-refractivity contribution >= 4 is 17.3 Å². The van der Waals surface area contributed by atoms with E-state index in [1.165, 1.54) is 4.68 Å². The second kappa shape index (κ2) is 6.59. The van der Waals surface area contributed by atoms with Crippen molar-refractivity contribution in [2.75, 3.05) is 25.0 Å². The molecule has 2 rings (SSSR count). The van der Waals surface area contributed by atoms with E-state index < -0.39 is 0 Å². The van der Waals surface area contributed by atoms with Crippen molar-refractivity contribution in [1.29, 1.82) is 0 Å². The minimum absolute atomic E-state index is 0.200. The molecule has 0 amide bonds. The minimum atomic E-state index is -0.200. The molecule has 1 fully saturated rings. The van der Waals surface area contributed by atoms with Gasteiger partial charge in [0, 0.05) is 26.2 Å². The van der Waals surface area contributed by atoms with E-state index in [1.54, 1.807) is 6.20 Å². The Kier molecular flexibility index (Phi) is 5.05. The summed E-state index contributed by atoms with van der Waals surface area (Å²) < 4.78 is 1.45. The van der Waals surface area contributed by atoms with E-state index in [2.05, 4.69) is 29.2 Å². The zero-order valence-electron chi connectivity index (χ0n) is 12.4. The van der Waals surface area contributed by atoms with Gasteiger partial charge in [0.25, 0.3) is 5.56 Å². The van der Waals surface area contributed by atoms with Crippen LogP contribution in [0.2, 0.25) is 5.02 Å². The first kappa shape index (κ1) is 15.3. The van der Waals surface area contributed by atoms with Crippen LogP contribution in [0.3, 0.4) is 0 Å². The first-order valence-corrected chi connectivity index (χ1v) is 7.57. The van der Waals surface area contributed by atoms with Crippen LogP contribution in [-0.4, -0.2) is 36.0 Å². The molecule has 0 aromatic carbocycles. The molecule has 1 aromatic rings. The Morgan fingerprint density at radius 3 is 2.95 bits per heavy atom. The second-order valence-corrected chi connectivity index (χ2v) is 6.21. The molecule has 1 saturated heterocycles. The van der Waals surface area contributed by atoms with Gasteiger partial charge in [-0.2, -0.15) is 5.10 Å². The SMILES string of the molecule is CC(C)Cn1ncc(N(C)C2CCCNC2)c(Cl)c1=O. The monoisotopic (exact) mass is 298 g/mol. The normalized spacial score (nSPS) is 19.4. The van der Waals surface area contributed by atoms with Crippen LogP contribution in [0.15, 0.2) is 11.0 Å². The topological polar surface area (TPSA) is 50.2 Å². The van der Waals surface area contributed by atoms with Crippen molar-refractivity contribution in [2.45, 2.75) is 39.3 Å². The number of anilines is 1. The smallest absolute Gasteiger partial charge is 0.287 e. The number of hydrogen-bond acceptors (Lipinski definition) is 4. The van der Waals surface area contributed by atoms with Crippen molar-refractivity contribution in [2.24, 2.45) is 5.92 Å². The standard InChI is InChI=1S/C14H23ClN4O/c1-10(2)9-19-14(20)13(15)12(8-17-19)18(3)11-5-4-6-16-7-11/h8,10-11,16H,4-7,9H2,1-3H3. The van der Waals surface area contributed by atoms with Crippen LogP contribution in [0.1, 0.15) is 26.7 Å². The van der Waals surface area contributed by atoms with E-state index in [4.69, 9.17) is 11.6 Å². The highest BCUT2D eigenvalue weighted by Crippen LogP contribution is 2.23. The van der Waals surface area contributed by atoms with Gasteiger partial charge in [-0.3, -0.25) is 4.79 Å². The van der Waals surface area contributed by atoms with Gasteiger partial charge < -0.3 is 10.2 Å². The van der Waals surface area contributed by atoms with Crippen LogP contribution in [0, 0.1) is 5.92 Å². The van der Waals surface area contributed by atoms with Crippen LogP contribution in [0.5, 0.6) is 0 Å². The number of hydrogen-bond donors (Lipinski definition) is 1. The van der Waals surface area contributed by atoms with Crippen LogP contribution >= 0.6 is 11.6 Å². The molecule has 112 valence electrons. The highest BCUT2D eigenvalue weighted by molar-refractivity contribution is 6.33. The fraction of sp³-hybridized carbons (Fsp3) is 0.714. The molecule has 1 aliphatic heterocycles. The zero-order valence-corrected chi connectivity index (χ0v) is 13.2. The van der Waals surface area contributed by atoms with Crippen LogP contribution < -0.4 is 15.8 Å². The van der Waals surface area contributed by atoms with Gasteiger partial charge in [0.15, 0.2) is 0 Å². The van der Waals surface area contributed by atoms with Gasteiger partial charge in [0.05, 0.1) is 11.9 Å². The van der Waals surface area contributed by atoms with Crippen molar-refractivity contribution in [1.82, 2.24) is 15.1 Å². The maximum atomic E-state index is 12.2. The average molecular weight is 299 g/mol. The fourth-order valence-electron chi connectivity index (χ4n) is 2.54. The molecule has 0 spiro atoms. The van der Waals surface area contributed by atoms with Gasteiger partial charge in [-0.15, -0.1) is 0 Å². The summed E-state index contributed by atoms with van der Waals surface area (Å²) in [6.45, 7) is 6.67. The minimum Gasteiger partial charge on any atom is -0.368 e. The summed E-state index contributed by atoms with van der Waals surface area (Å²) in [6.07, 6.45) is 3.96. The van der Waals surface area contributed by atoms with Gasteiger partial charge in [0.2, 0.25) is 0 Å². The third-order valence-electron chi connectivity index (χ3n) is 3.70. The van der Waals surface area contributed by atoms with E-state index >= 15 is 0 Å². The summed E-state index contributed by atoms with van der Waals surface area (Å²) in [6, 6.07) is 0.364. The number of piperidine rings is 1. The Hall–Kier alpha value is -1.07. The van der Waals surface area contributed by atoms with Crippen LogP contribution in [0.4, 0.5) is 5.69 Å². The molecule has 0 saturated carbocycles. The van der Waals surface area contributed by atoms with E-state index in [0.29, 0.717) is 18.5 Å². The maximum Gasteiger partial charge on any atom is 0.287 e. The van der Waals surface area contributed by atoms with Crippen molar-refractivity contribution in [3.8, 4) is 0 Å². The molecule has 1 aromatic heterocycles. The van der Waals surface area contributed by atoms with Crippen molar-refractivity contribution < 1.29 is 0 Å². The zero-order chi connectivity index (χ0) is 14.7. The van der Waals surface area contributed by atoms with Gasteiger partial charge in [-0.05, 0) is 25.3 Å². The van der Waals surface area contributed by atoms with Gasteiger partial charge in [0.1, 0.15) is 5.02 Å². The van der Waals surface area contributed by atoms with Gasteiger partial charge in [-0.25, -0.2) is 4.68 Å². The summed E-state index contributed by atoms with van der Waals surface area (Å²) in [5, 5.41) is 7.89. The quantitative estimate of drug-likeness (QED) is 0.920. The lowest BCUT2D eigenvalue weighted by Crippen LogP contribution is -2.45. The first-order valence-electron chi connectivity index (χ1n) is 7.20. The Morgan fingerprint density at radius 2 is 2.35 bits per heavy atom. The van der Waals surface area contributed by atoms with Crippen molar-refractivity contribution in [3.05, 3.63) is 21.6 Å². The van der Waals surface area contributed by atoms with E-state index in [1.807, 2.05) is 7.05 Å². The van der Waals surface area contributed by atoms with Crippen LogP contribution in [-0.2, 0) is 6.54 Å². The first-order chi connectivity index (χ1) is 9.50. The molecule has 2 heterocycles. The number of aromatic nitrogens is 2. The Bertz CT molecular complexity index is 508. The molecule has 5 nitrogen and oxygen atoms in total. The Labute approximate surface area is 124 Å². The van der Waals surface area contributed by atoms with Crippen LogP contribution in [0.25, 0.3) is 0 Å². The largest absolute Gasteiger partial charge is 0.368 e. The molecule has 1 N–H and O–H groups in total. The summed E-state index contributed by atoms with van der Waals surface area (Å²) in [4.78, 5) is 14.3. The lowest BCUT2D eigenvalue weighted by molar-refractivity contribution is 0.441. The summed E-state index contributed by atoms with van der Waals surface area (Å²) >= 11 is 6.26. The molecule has 0 bridgehead atoms. The summed E-state index contributed by atoms with van der Waals surface area (Å²) in [5.41, 5.74) is 0.527.